The number of carbonyl (C=O) groups is 4. The Bertz CT molecular complexity index is 4670. The van der Waals surface area contributed by atoms with E-state index >= 15 is 0 Å². The van der Waals surface area contributed by atoms with E-state index in [2.05, 4.69) is 42.2 Å². The van der Waals surface area contributed by atoms with Crippen LogP contribution in [0.15, 0.2) is 170 Å². The number of nitrogens with zero attached hydrogens (tertiary/aromatic N) is 8. The Kier molecular flexibility index (Phi) is 33.1. The number of aliphatic hydroxyl groups is 4. The van der Waals surface area contributed by atoms with E-state index in [4.69, 9.17) is 78.3 Å². The summed E-state index contributed by atoms with van der Waals surface area (Å²) in [5.41, 5.74) is 9.38. The minimum Gasteiger partial charge on any atom is -0.508 e. The summed E-state index contributed by atoms with van der Waals surface area (Å²) in [7, 11) is 0. The molecule has 8 heterocycles. The lowest BCUT2D eigenvalue weighted by atomic mass is 10.0. The summed E-state index contributed by atoms with van der Waals surface area (Å²) < 4.78 is 78.3. The molecule has 0 aromatic heterocycles. The van der Waals surface area contributed by atoms with Crippen LogP contribution < -0.4 is 43.3 Å². The highest BCUT2D eigenvalue weighted by molar-refractivity contribution is 14.1. The third kappa shape index (κ3) is 25.2. The van der Waals surface area contributed by atoms with Crippen molar-refractivity contribution in [3.8, 4) is 40.2 Å². The Morgan fingerprint density at radius 2 is 0.612 bits per heavy atom. The Morgan fingerprint density at radius 3 is 0.907 bits per heavy atom. The summed E-state index contributed by atoms with van der Waals surface area (Å²) in [6.45, 7) is 28.2. The zero-order valence-electron chi connectivity index (χ0n) is 74.2. The SMILES string of the molecule is CC(=O)N1CCN(c2ccc(OCC3COC(C)(c4ccc(Cl)cc4CO)O3)cc2)CC1.CC(=O)N1CCN(c2ccc(OCC3COC(C)(c4ccc(I)cc4CO)O3)cc2)CC1.CC(=O)N1CCN(c2ccc(OCC3COC(C)(c4ccc(O)cc4CO)O3)cc2)CC1.CC(=O)N1CCN(c2ccc(OCC3COC(C)(c4ccc(O)cc4OCO)O3)cc2)CC1. The van der Waals surface area contributed by atoms with Gasteiger partial charge in [-0.05, 0) is 219 Å². The van der Waals surface area contributed by atoms with Crippen molar-refractivity contribution in [2.75, 3.05) is 184 Å². The van der Waals surface area contributed by atoms with Gasteiger partial charge in [0.1, 0.15) is 91.1 Å². The Balaban J connectivity index is 0.000000147. The van der Waals surface area contributed by atoms with Crippen LogP contribution in [0.5, 0.6) is 40.2 Å². The van der Waals surface area contributed by atoms with Crippen LogP contribution in [0.2, 0.25) is 5.02 Å². The molecule has 8 aliphatic heterocycles. The van der Waals surface area contributed by atoms with E-state index in [1.165, 1.54) is 18.2 Å². The van der Waals surface area contributed by atoms with Crippen molar-refractivity contribution in [2.45, 2.75) is 123 Å². The monoisotopic (exact) mass is 1910 g/mol. The fraction of sp³-hybridized carbons (Fsp3) is 0.458. The number of carbonyl (C=O) groups excluding carboxylic acids is 4. The molecule has 8 unspecified atom stereocenters. The molecular weight excluding hydrogens is 1800 g/mol. The number of hydrogen-bond donors (Lipinski definition) is 6. The van der Waals surface area contributed by atoms with E-state index in [0.29, 0.717) is 85.9 Å². The van der Waals surface area contributed by atoms with E-state index in [9.17, 15) is 44.7 Å². The lowest BCUT2D eigenvalue weighted by Crippen LogP contribution is -2.48. The van der Waals surface area contributed by atoms with Gasteiger partial charge in [-0.25, -0.2) is 0 Å². The van der Waals surface area contributed by atoms with E-state index < -0.39 is 29.9 Å². The predicted molar refractivity (Wildman–Crippen MR) is 491 cm³/mol. The first-order valence-corrected chi connectivity index (χ1v) is 45.0. The highest BCUT2D eigenvalue weighted by Crippen LogP contribution is 2.44. The first-order valence-electron chi connectivity index (χ1n) is 43.5. The van der Waals surface area contributed by atoms with E-state index in [1.807, 2.05) is 155 Å². The number of piperazine rings is 4. The fourth-order valence-electron chi connectivity index (χ4n) is 16.8. The molecule has 8 aromatic carbocycles. The number of hydrogen-bond acceptors (Lipinski definition) is 27. The maximum Gasteiger partial charge on any atom is 0.219 e. The number of phenols is 2. The highest BCUT2D eigenvalue weighted by atomic mass is 127. The average molecular weight is 1910 g/mol. The van der Waals surface area contributed by atoms with Crippen LogP contribution in [0.25, 0.3) is 0 Å². The number of halogens is 2. The topological polar surface area (TPSA) is 336 Å². The van der Waals surface area contributed by atoms with E-state index in [-0.39, 0.29) is 79.4 Å². The Labute approximate surface area is 771 Å². The number of phenolic OH excluding ortho intramolecular Hbond substituents is 2. The maximum absolute atomic E-state index is 11.5. The first-order chi connectivity index (χ1) is 62.0. The van der Waals surface area contributed by atoms with Crippen molar-refractivity contribution in [2.24, 2.45) is 0 Å². The van der Waals surface area contributed by atoms with Crippen LogP contribution in [0.3, 0.4) is 0 Å². The molecule has 16 rings (SSSR count). The van der Waals surface area contributed by atoms with Crippen LogP contribution >= 0.6 is 34.2 Å². The summed E-state index contributed by atoms with van der Waals surface area (Å²) >= 11 is 8.27. The summed E-state index contributed by atoms with van der Waals surface area (Å²) in [6, 6.07) is 52.4. The third-order valence-corrected chi connectivity index (χ3v) is 25.0. The zero-order valence-corrected chi connectivity index (χ0v) is 77.1. The number of aliphatic hydroxyl groups excluding tert-OH is 4. The van der Waals surface area contributed by atoms with Gasteiger partial charge in [0.2, 0.25) is 23.6 Å². The quantitative estimate of drug-likeness (QED) is 0.0229. The summed E-state index contributed by atoms with van der Waals surface area (Å²) in [5, 5.41) is 58.1. The average Bonchev–Trinajstić information content (AvgIpc) is 1.67. The number of ether oxygens (including phenoxy) is 13. The second-order valence-corrected chi connectivity index (χ2v) is 34.7. The third-order valence-electron chi connectivity index (χ3n) is 24.1. The molecule has 0 bridgehead atoms. The number of aromatic hydroxyl groups is 2. The molecule has 8 fully saturated rings. The molecule has 6 N–H and O–H groups in total. The Morgan fingerprint density at radius 1 is 0.349 bits per heavy atom. The molecule has 8 saturated heterocycles. The largest absolute Gasteiger partial charge is 0.508 e. The van der Waals surface area contributed by atoms with Crippen LogP contribution in [-0.2, 0) is 100 Å². The van der Waals surface area contributed by atoms with Gasteiger partial charge in [0, 0.05) is 187 Å². The van der Waals surface area contributed by atoms with Gasteiger partial charge in [-0.2, -0.15) is 0 Å². The first kappa shape index (κ1) is 96.5. The van der Waals surface area contributed by atoms with Crippen molar-refractivity contribution >= 4 is 80.6 Å². The van der Waals surface area contributed by atoms with Crippen LogP contribution in [0, 0.1) is 3.57 Å². The molecule has 0 spiro atoms. The molecule has 8 aromatic rings. The van der Waals surface area contributed by atoms with Crippen LogP contribution in [-0.4, -0.2) is 263 Å². The molecule has 8 atom stereocenters. The second kappa shape index (κ2) is 44.3. The predicted octanol–water partition coefficient (Wildman–Crippen LogP) is 10.6. The second-order valence-electron chi connectivity index (χ2n) is 33.1. The zero-order chi connectivity index (χ0) is 91.6. The molecule has 31 nitrogen and oxygen atoms in total. The summed E-state index contributed by atoms with van der Waals surface area (Å²) in [6.07, 6.45) is -1.00. The van der Waals surface area contributed by atoms with Gasteiger partial charge < -0.3 is 131 Å². The maximum atomic E-state index is 11.5. The normalized spacial score (nSPS) is 23.3. The molecule has 0 saturated carbocycles. The van der Waals surface area contributed by atoms with Crippen molar-refractivity contribution < 1.29 is 111 Å². The molecule has 694 valence electrons. The van der Waals surface area contributed by atoms with Crippen LogP contribution in [0.4, 0.5) is 22.7 Å². The lowest BCUT2D eigenvalue weighted by Gasteiger charge is -2.35. The fourth-order valence-corrected chi connectivity index (χ4v) is 17.6. The number of amides is 4. The van der Waals surface area contributed by atoms with E-state index in [0.717, 1.165) is 171 Å². The van der Waals surface area contributed by atoms with Gasteiger partial charge in [-0.15, -0.1) is 0 Å². The molecule has 4 amide bonds. The number of anilines is 4. The minimum atomic E-state index is -1.09. The molecule has 129 heavy (non-hydrogen) atoms. The smallest absolute Gasteiger partial charge is 0.219 e. The number of benzene rings is 8. The summed E-state index contributed by atoms with van der Waals surface area (Å²) in [5.74, 6) is -0.0261. The van der Waals surface area contributed by atoms with Crippen molar-refractivity contribution in [3.63, 3.8) is 0 Å². The van der Waals surface area contributed by atoms with Crippen molar-refractivity contribution in [1.82, 2.24) is 19.6 Å². The van der Waals surface area contributed by atoms with Gasteiger partial charge in [0.25, 0.3) is 0 Å². The van der Waals surface area contributed by atoms with Gasteiger partial charge in [0.15, 0.2) is 29.9 Å². The van der Waals surface area contributed by atoms with E-state index in [1.54, 1.807) is 71.9 Å². The standard InChI is InChI=1S/C24H29ClN2O5.C24H29IN2O5.C24H30N2O7.C24H30N2O6/c2*1-17(29)26-9-11-27(12-10-26)20-4-6-21(7-5-20)30-15-22-16-31-24(2,32-22)23-8-3-19(25)13-18(23)14-28;1-17(28)25-9-11-26(12-10-25)18-3-6-20(7-4-18)30-14-21-15-32-24(2,33-21)22-8-5-19(29)13-23(22)31-16-27;1-17(28)25-9-11-26(12-10-25)19-3-6-21(7-4-19)30-15-22-16-31-24(2,32-22)23-8-5-20(29)13-18(23)14-27/h2*3-8,13,22,28H,9-12,14-16H2,1-2H3;3-8,13,21,27,29H,9-12,14-16H2,1-2H3;3-8,13,22,27,29H,9-12,14-16H2,1-2H3. The lowest BCUT2D eigenvalue weighted by molar-refractivity contribution is -0.166. The Hall–Kier alpha value is -10.0. The highest BCUT2D eigenvalue weighted by Gasteiger charge is 2.45. The minimum absolute atomic E-state index is 0.0212. The molecule has 33 heteroatoms. The van der Waals surface area contributed by atoms with Crippen molar-refractivity contribution in [3.05, 3.63) is 217 Å². The number of rotatable bonds is 25. The van der Waals surface area contributed by atoms with Crippen LogP contribution in [0.1, 0.15) is 94.3 Å². The van der Waals surface area contributed by atoms with Gasteiger partial charge in [0.05, 0.1) is 51.8 Å². The summed E-state index contributed by atoms with van der Waals surface area (Å²) in [4.78, 5) is 62.5. The van der Waals surface area contributed by atoms with Gasteiger partial charge in [-0.1, -0.05) is 23.7 Å². The van der Waals surface area contributed by atoms with Gasteiger partial charge >= 0.3 is 0 Å². The molecule has 0 radical (unpaired) electrons. The molecular formula is C96H118ClIN8O23. The molecule has 8 aliphatic rings. The van der Waals surface area contributed by atoms with Gasteiger partial charge in [-0.3, -0.25) is 19.2 Å². The van der Waals surface area contributed by atoms with Crippen molar-refractivity contribution in [1.29, 1.82) is 0 Å². The molecule has 0 aliphatic carbocycles.